The molecule has 4 nitrogen and oxygen atoms in total. The summed E-state index contributed by atoms with van der Waals surface area (Å²) in [7, 11) is 0. The van der Waals surface area contributed by atoms with Gasteiger partial charge in [0.2, 0.25) is 0 Å². The van der Waals surface area contributed by atoms with E-state index in [1.54, 1.807) is 0 Å². The first-order chi connectivity index (χ1) is 6.93. The molecule has 15 heavy (non-hydrogen) atoms. The molecule has 84 valence electrons. The molecule has 4 heteroatoms. The van der Waals surface area contributed by atoms with Crippen molar-refractivity contribution < 1.29 is 19.7 Å². The van der Waals surface area contributed by atoms with Crippen molar-refractivity contribution >= 4 is 5.78 Å². The number of ether oxygens (including phenoxy) is 1. The van der Waals surface area contributed by atoms with E-state index in [9.17, 15) is 15.0 Å². The van der Waals surface area contributed by atoms with Crippen LogP contribution >= 0.6 is 0 Å². The van der Waals surface area contributed by atoms with Crippen molar-refractivity contribution in [2.75, 3.05) is 6.61 Å². The van der Waals surface area contributed by atoms with Crippen molar-refractivity contribution in [3.63, 3.8) is 0 Å². The van der Waals surface area contributed by atoms with Gasteiger partial charge in [0.15, 0.2) is 11.4 Å². The Kier molecular flexibility index (Phi) is 2.45. The molecule has 0 spiro atoms. The van der Waals surface area contributed by atoms with Crippen LogP contribution in [0.25, 0.3) is 0 Å². The molecular formula is C11H16O4. The normalized spacial score (nSPS) is 41.7. The van der Waals surface area contributed by atoms with Crippen LogP contribution in [0.1, 0.15) is 26.7 Å². The third kappa shape index (κ3) is 1.62. The lowest BCUT2D eigenvalue weighted by molar-refractivity contribution is -0.147. The minimum Gasteiger partial charge on any atom is -0.389 e. The molecule has 3 atom stereocenters. The van der Waals surface area contributed by atoms with Crippen molar-refractivity contribution in [3.05, 3.63) is 11.1 Å². The van der Waals surface area contributed by atoms with E-state index in [1.165, 1.54) is 6.92 Å². The van der Waals surface area contributed by atoms with Crippen LogP contribution in [-0.4, -0.2) is 40.4 Å². The van der Waals surface area contributed by atoms with Crippen LogP contribution in [0, 0.1) is 0 Å². The summed E-state index contributed by atoms with van der Waals surface area (Å²) in [6.07, 6.45) is 0.150. The van der Waals surface area contributed by atoms with Gasteiger partial charge in [0, 0.05) is 5.57 Å². The number of hydrogen-bond acceptors (Lipinski definition) is 4. The second-order valence-corrected chi connectivity index (χ2v) is 4.60. The predicted octanol–water partition coefficient (Wildman–Crippen LogP) is 0.176. The summed E-state index contributed by atoms with van der Waals surface area (Å²) < 4.78 is 5.37. The highest BCUT2D eigenvalue weighted by atomic mass is 16.5. The zero-order chi connectivity index (χ0) is 11.2. The van der Waals surface area contributed by atoms with E-state index in [-0.39, 0.29) is 18.5 Å². The fourth-order valence-corrected chi connectivity index (χ4v) is 2.18. The van der Waals surface area contributed by atoms with Gasteiger partial charge in [-0.25, -0.2) is 0 Å². The molecule has 0 aromatic carbocycles. The first-order valence-corrected chi connectivity index (χ1v) is 5.20. The number of Topliss-reactive ketones (excluding diaryl/α,β-unsaturated/α-hetero) is 1. The van der Waals surface area contributed by atoms with Gasteiger partial charge in [0.25, 0.3) is 0 Å². The topological polar surface area (TPSA) is 66.8 Å². The van der Waals surface area contributed by atoms with Crippen molar-refractivity contribution in [1.82, 2.24) is 0 Å². The minimum atomic E-state index is -1.65. The molecular weight excluding hydrogens is 196 g/mol. The summed E-state index contributed by atoms with van der Waals surface area (Å²) in [6.45, 7) is 3.56. The summed E-state index contributed by atoms with van der Waals surface area (Å²) in [5, 5.41) is 19.5. The number of aliphatic hydroxyl groups is 2. The van der Waals surface area contributed by atoms with Crippen molar-refractivity contribution in [2.45, 2.75) is 44.5 Å². The SMILES string of the molecule is CC1CC2=C(CO1)C(=O)[C@](C)(O)[C@H](O)C2. The van der Waals surface area contributed by atoms with Crippen molar-refractivity contribution in [1.29, 1.82) is 0 Å². The Balaban J connectivity index is 2.35. The maximum absolute atomic E-state index is 11.9. The van der Waals surface area contributed by atoms with Gasteiger partial charge in [-0.1, -0.05) is 5.57 Å². The van der Waals surface area contributed by atoms with Gasteiger partial charge >= 0.3 is 0 Å². The molecule has 0 bridgehead atoms. The fourth-order valence-electron chi connectivity index (χ4n) is 2.18. The maximum atomic E-state index is 11.9. The van der Waals surface area contributed by atoms with Gasteiger partial charge in [-0.3, -0.25) is 4.79 Å². The number of hydrogen-bond donors (Lipinski definition) is 2. The Morgan fingerprint density at radius 3 is 2.80 bits per heavy atom. The van der Waals surface area contributed by atoms with Crippen LogP contribution in [0.5, 0.6) is 0 Å². The maximum Gasteiger partial charge on any atom is 0.195 e. The lowest BCUT2D eigenvalue weighted by Gasteiger charge is -2.38. The molecule has 0 saturated heterocycles. The van der Waals surface area contributed by atoms with Crippen LogP contribution < -0.4 is 0 Å². The Hall–Kier alpha value is -0.710. The molecule has 0 aromatic heterocycles. The number of rotatable bonds is 0. The minimum absolute atomic E-state index is 0.0896. The van der Waals surface area contributed by atoms with Crippen molar-refractivity contribution in [2.24, 2.45) is 0 Å². The summed E-state index contributed by atoms with van der Waals surface area (Å²) in [5.74, 6) is -0.386. The third-order valence-electron chi connectivity index (χ3n) is 3.30. The first kappa shape index (κ1) is 10.8. The number of carbonyl (C=O) groups is 1. The summed E-state index contributed by atoms with van der Waals surface area (Å²) in [5.41, 5.74) is -0.149. The lowest BCUT2D eigenvalue weighted by atomic mass is 9.76. The summed E-state index contributed by atoms with van der Waals surface area (Å²) >= 11 is 0. The largest absolute Gasteiger partial charge is 0.389 e. The second kappa shape index (κ2) is 3.40. The van der Waals surface area contributed by atoms with Gasteiger partial charge in [0.1, 0.15) is 0 Å². The molecule has 1 unspecified atom stereocenters. The monoisotopic (exact) mass is 212 g/mol. The van der Waals surface area contributed by atoms with Crippen LogP contribution in [0.15, 0.2) is 11.1 Å². The van der Waals surface area contributed by atoms with Gasteiger partial charge in [-0.15, -0.1) is 0 Å². The highest BCUT2D eigenvalue weighted by Crippen LogP contribution is 2.35. The number of aliphatic hydroxyl groups excluding tert-OH is 1. The lowest BCUT2D eigenvalue weighted by Crippen LogP contribution is -2.52. The summed E-state index contributed by atoms with van der Waals surface area (Å²) in [4.78, 5) is 11.9. The second-order valence-electron chi connectivity index (χ2n) is 4.60. The Bertz CT molecular complexity index is 329. The van der Waals surface area contributed by atoms with Crippen LogP contribution in [0.3, 0.4) is 0 Å². The average molecular weight is 212 g/mol. The molecule has 0 aromatic rings. The molecule has 0 saturated carbocycles. The zero-order valence-electron chi connectivity index (χ0n) is 8.99. The standard InChI is InChI=1S/C11H16O4/c1-6-3-7-4-9(12)11(2,14)10(13)8(7)5-15-6/h6,9,12,14H,3-5H2,1-2H3/t6?,9-,11-/m1/s1. The van der Waals surface area contributed by atoms with E-state index in [0.717, 1.165) is 5.57 Å². The van der Waals surface area contributed by atoms with Crippen LogP contribution in [0.4, 0.5) is 0 Å². The Morgan fingerprint density at radius 1 is 1.47 bits per heavy atom. The smallest absolute Gasteiger partial charge is 0.195 e. The van der Waals surface area contributed by atoms with Gasteiger partial charge in [-0.05, 0) is 26.7 Å². The van der Waals surface area contributed by atoms with E-state index in [1.807, 2.05) is 6.92 Å². The first-order valence-electron chi connectivity index (χ1n) is 5.20. The molecule has 1 aliphatic heterocycles. The van der Waals surface area contributed by atoms with E-state index >= 15 is 0 Å². The third-order valence-corrected chi connectivity index (χ3v) is 3.30. The van der Waals surface area contributed by atoms with Crippen LogP contribution in [-0.2, 0) is 9.53 Å². The number of carbonyl (C=O) groups excluding carboxylic acids is 1. The van der Waals surface area contributed by atoms with Crippen LogP contribution in [0.2, 0.25) is 0 Å². The molecule has 0 amide bonds. The molecule has 0 radical (unpaired) electrons. The van der Waals surface area contributed by atoms with E-state index in [2.05, 4.69) is 0 Å². The number of ketones is 1. The summed E-state index contributed by atoms with van der Waals surface area (Å²) in [6, 6.07) is 0. The van der Waals surface area contributed by atoms with Gasteiger partial charge < -0.3 is 14.9 Å². The van der Waals surface area contributed by atoms with E-state index < -0.39 is 11.7 Å². The Labute approximate surface area is 88.6 Å². The van der Waals surface area contributed by atoms with E-state index in [4.69, 9.17) is 4.74 Å². The highest BCUT2D eigenvalue weighted by Gasteiger charge is 2.46. The fraction of sp³-hybridized carbons (Fsp3) is 0.727. The predicted molar refractivity (Wildman–Crippen MR) is 53.3 cm³/mol. The molecule has 0 fully saturated rings. The van der Waals surface area contributed by atoms with Gasteiger partial charge in [0.05, 0.1) is 18.8 Å². The molecule has 2 N–H and O–H groups in total. The molecule has 2 rings (SSSR count). The molecule has 2 aliphatic rings. The molecule has 1 aliphatic carbocycles. The highest BCUT2D eigenvalue weighted by molar-refractivity contribution is 6.04. The van der Waals surface area contributed by atoms with E-state index in [0.29, 0.717) is 18.4 Å². The van der Waals surface area contributed by atoms with Crippen molar-refractivity contribution in [3.8, 4) is 0 Å². The van der Waals surface area contributed by atoms with Gasteiger partial charge in [-0.2, -0.15) is 0 Å². The average Bonchev–Trinajstić information content (AvgIpc) is 2.15. The molecule has 1 heterocycles. The zero-order valence-corrected chi connectivity index (χ0v) is 8.99. The Morgan fingerprint density at radius 2 is 2.13 bits per heavy atom. The quantitative estimate of drug-likeness (QED) is 0.601.